The molecular weight excluding hydrogens is 464 g/mol. The highest BCUT2D eigenvalue weighted by atomic mass is 32.1. The summed E-state index contributed by atoms with van der Waals surface area (Å²) in [5, 5.41) is 12.9. The summed E-state index contributed by atoms with van der Waals surface area (Å²) >= 11 is 1.24. The minimum atomic E-state index is -0.871. The first kappa shape index (κ1) is 23.0. The van der Waals surface area contributed by atoms with Crippen LogP contribution in [-0.4, -0.2) is 66.1 Å². The van der Waals surface area contributed by atoms with Gasteiger partial charge in [0, 0.05) is 61.9 Å². The molecule has 2 fully saturated rings. The number of carboxylic acid groups (broad SMARTS) is 1. The van der Waals surface area contributed by atoms with Gasteiger partial charge in [-0.3, -0.25) is 4.79 Å². The van der Waals surface area contributed by atoms with Crippen molar-refractivity contribution in [2.75, 3.05) is 60.1 Å². The van der Waals surface area contributed by atoms with Gasteiger partial charge in [-0.25, -0.2) is 9.78 Å². The summed E-state index contributed by atoms with van der Waals surface area (Å²) < 4.78 is 0. The summed E-state index contributed by atoms with van der Waals surface area (Å²) in [6, 6.07) is 15.6. The number of nitrogens with zero attached hydrogens (tertiary/aromatic N) is 4. The standard InChI is InChI=1S/C25H28N6O3S/c26-23-22(21(32)17-3-7-19(8-4-17)29-11-1-2-12-29)35-24(28-23)27-18-5-9-20(10-6-18)30-13-15-31(16-14-30)25(33)34/h3-10H,1-2,11-16,26H2,(H,27,28)(H,33,34). The molecule has 2 aromatic carbocycles. The van der Waals surface area contributed by atoms with Gasteiger partial charge >= 0.3 is 6.09 Å². The van der Waals surface area contributed by atoms with Gasteiger partial charge in [-0.1, -0.05) is 11.3 Å². The average molecular weight is 493 g/mol. The van der Waals surface area contributed by atoms with Crippen LogP contribution in [0, 0.1) is 0 Å². The topological polar surface area (TPSA) is 115 Å². The third-order valence-corrected chi connectivity index (χ3v) is 7.48. The summed E-state index contributed by atoms with van der Waals surface area (Å²) in [5.41, 5.74) is 9.71. The van der Waals surface area contributed by atoms with E-state index in [1.165, 1.54) is 29.1 Å². The predicted octanol–water partition coefficient (Wildman–Crippen LogP) is 4.10. The van der Waals surface area contributed by atoms with Crippen molar-refractivity contribution in [2.24, 2.45) is 0 Å². The van der Waals surface area contributed by atoms with Gasteiger partial charge in [-0.15, -0.1) is 0 Å². The number of hydrogen-bond donors (Lipinski definition) is 3. The Morgan fingerprint density at radius 1 is 0.857 bits per heavy atom. The number of nitrogen functional groups attached to an aromatic ring is 1. The molecule has 0 radical (unpaired) electrons. The van der Waals surface area contributed by atoms with E-state index in [0.29, 0.717) is 41.8 Å². The van der Waals surface area contributed by atoms with E-state index in [1.54, 1.807) is 0 Å². The number of aromatic nitrogens is 1. The third-order valence-electron chi connectivity index (χ3n) is 6.49. The largest absolute Gasteiger partial charge is 0.465 e. The molecule has 9 nitrogen and oxygen atoms in total. The molecule has 35 heavy (non-hydrogen) atoms. The molecule has 2 saturated heterocycles. The molecule has 182 valence electrons. The van der Waals surface area contributed by atoms with E-state index in [2.05, 4.69) is 20.1 Å². The molecule has 0 bridgehead atoms. The first-order chi connectivity index (χ1) is 17.0. The Morgan fingerprint density at radius 3 is 2.03 bits per heavy atom. The van der Waals surface area contributed by atoms with Gasteiger partial charge in [-0.2, -0.15) is 0 Å². The fourth-order valence-corrected chi connectivity index (χ4v) is 5.38. The fraction of sp³-hybridized carbons (Fsp3) is 0.320. The summed E-state index contributed by atoms with van der Waals surface area (Å²) in [4.78, 5) is 34.8. The summed E-state index contributed by atoms with van der Waals surface area (Å²) in [5.74, 6) is 0.0934. The van der Waals surface area contributed by atoms with Crippen molar-refractivity contribution in [3.8, 4) is 0 Å². The van der Waals surface area contributed by atoms with Gasteiger partial charge in [0.25, 0.3) is 0 Å². The number of benzene rings is 2. The molecule has 0 aliphatic carbocycles. The molecule has 1 amide bonds. The van der Waals surface area contributed by atoms with E-state index in [4.69, 9.17) is 10.8 Å². The van der Waals surface area contributed by atoms with Crippen LogP contribution in [0.5, 0.6) is 0 Å². The van der Waals surface area contributed by atoms with Crippen molar-refractivity contribution >= 4 is 51.2 Å². The smallest absolute Gasteiger partial charge is 0.407 e. The lowest BCUT2D eigenvalue weighted by molar-refractivity contribution is 0.104. The summed E-state index contributed by atoms with van der Waals surface area (Å²) in [7, 11) is 0. The van der Waals surface area contributed by atoms with Crippen LogP contribution in [0.3, 0.4) is 0 Å². The Kier molecular flexibility index (Phi) is 6.45. The van der Waals surface area contributed by atoms with Crippen molar-refractivity contribution in [2.45, 2.75) is 12.8 Å². The zero-order valence-corrected chi connectivity index (χ0v) is 20.1. The zero-order chi connectivity index (χ0) is 24.4. The number of rotatable bonds is 6. The van der Waals surface area contributed by atoms with Crippen LogP contribution in [0.2, 0.25) is 0 Å². The van der Waals surface area contributed by atoms with Gasteiger partial charge < -0.3 is 30.9 Å². The minimum Gasteiger partial charge on any atom is -0.465 e. The second-order valence-corrected chi connectivity index (χ2v) is 9.73. The van der Waals surface area contributed by atoms with E-state index >= 15 is 0 Å². The third kappa shape index (κ3) is 5.02. The fourth-order valence-electron chi connectivity index (χ4n) is 4.51. The van der Waals surface area contributed by atoms with Crippen molar-refractivity contribution in [3.63, 3.8) is 0 Å². The molecule has 0 spiro atoms. The van der Waals surface area contributed by atoms with E-state index < -0.39 is 6.09 Å². The number of carbonyl (C=O) groups excluding carboxylic acids is 1. The molecule has 4 N–H and O–H groups in total. The Bertz CT molecular complexity index is 1200. The Balaban J connectivity index is 1.22. The van der Waals surface area contributed by atoms with Crippen molar-refractivity contribution < 1.29 is 14.7 Å². The molecule has 2 aliphatic rings. The van der Waals surface area contributed by atoms with Crippen LogP contribution < -0.4 is 20.9 Å². The Morgan fingerprint density at radius 2 is 1.43 bits per heavy atom. The molecule has 1 aromatic heterocycles. The van der Waals surface area contributed by atoms with Crippen LogP contribution in [0.25, 0.3) is 0 Å². The second-order valence-electron chi connectivity index (χ2n) is 8.73. The molecule has 3 aromatic rings. The maximum absolute atomic E-state index is 13.1. The summed E-state index contributed by atoms with van der Waals surface area (Å²) in [6.45, 7) is 4.43. The van der Waals surface area contributed by atoms with E-state index in [9.17, 15) is 9.59 Å². The predicted molar refractivity (Wildman–Crippen MR) is 139 cm³/mol. The van der Waals surface area contributed by atoms with E-state index in [1.807, 2.05) is 48.5 Å². The first-order valence-corrected chi connectivity index (χ1v) is 12.6. The van der Waals surface area contributed by atoms with Crippen LogP contribution in [0.4, 0.5) is 32.8 Å². The average Bonchev–Trinajstić information content (AvgIpc) is 3.54. The zero-order valence-electron chi connectivity index (χ0n) is 19.3. The number of nitrogens with one attached hydrogen (secondary N) is 1. The van der Waals surface area contributed by atoms with Crippen LogP contribution in [0.15, 0.2) is 48.5 Å². The lowest BCUT2D eigenvalue weighted by Gasteiger charge is -2.34. The number of thiazole rings is 1. The van der Waals surface area contributed by atoms with Gasteiger partial charge in [0.1, 0.15) is 10.7 Å². The number of ketones is 1. The molecule has 10 heteroatoms. The maximum Gasteiger partial charge on any atom is 0.407 e. The van der Waals surface area contributed by atoms with Crippen LogP contribution >= 0.6 is 11.3 Å². The normalized spacial score (nSPS) is 15.9. The summed E-state index contributed by atoms with van der Waals surface area (Å²) in [6.07, 6.45) is 1.55. The monoisotopic (exact) mass is 492 g/mol. The SMILES string of the molecule is Nc1nc(Nc2ccc(N3CCN(C(=O)O)CC3)cc2)sc1C(=O)c1ccc(N2CCCC2)cc1. The van der Waals surface area contributed by atoms with Crippen LogP contribution in [-0.2, 0) is 0 Å². The molecule has 5 rings (SSSR count). The van der Waals surface area contributed by atoms with Gasteiger partial charge in [-0.05, 0) is 61.4 Å². The van der Waals surface area contributed by atoms with Crippen molar-refractivity contribution in [1.29, 1.82) is 0 Å². The second kappa shape index (κ2) is 9.83. The van der Waals surface area contributed by atoms with Crippen molar-refractivity contribution in [1.82, 2.24) is 9.88 Å². The molecule has 3 heterocycles. The lowest BCUT2D eigenvalue weighted by atomic mass is 10.1. The molecular formula is C25H28N6O3S. The number of hydrogen-bond acceptors (Lipinski definition) is 8. The molecule has 0 atom stereocenters. The van der Waals surface area contributed by atoms with Crippen LogP contribution in [0.1, 0.15) is 28.1 Å². The number of amides is 1. The van der Waals surface area contributed by atoms with E-state index in [0.717, 1.165) is 30.2 Å². The van der Waals surface area contributed by atoms with E-state index in [-0.39, 0.29) is 11.6 Å². The van der Waals surface area contributed by atoms with Gasteiger partial charge in [0.05, 0.1) is 0 Å². The van der Waals surface area contributed by atoms with Crippen molar-refractivity contribution in [3.05, 3.63) is 59.0 Å². The Labute approximate surface area is 207 Å². The minimum absolute atomic E-state index is 0.128. The number of carbonyl (C=O) groups is 2. The number of nitrogens with two attached hydrogens (primary N) is 1. The Hall–Kier alpha value is -3.79. The number of piperazine rings is 1. The maximum atomic E-state index is 13.1. The molecule has 2 aliphatic heterocycles. The highest BCUT2D eigenvalue weighted by Crippen LogP contribution is 2.31. The lowest BCUT2D eigenvalue weighted by Crippen LogP contribution is -2.48. The quantitative estimate of drug-likeness (QED) is 0.441. The highest BCUT2D eigenvalue weighted by molar-refractivity contribution is 7.18. The highest BCUT2D eigenvalue weighted by Gasteiger charge is 2.21. The molecule has 0 unspecified atom stereocenters. The molecule has 0 saturated carbocycles. The number of anilines is 5. The first-order valence-electron chi connectivity index (χ1n) is 11.7. The van der Waals surface area contributed by atoms with Gasteiger partial charge in [0.15, 0.2) is 5.13 Å². The van der Waals surface area contributed by atoms with Gasteiger partial charge in [0.2, 0.25) is 5.78 Å².